The molecule has 0 aliphatic heterocycles. The Morgan fingerprint density at radius 2 is 1.72 bits per heavy atom. The zero-order chi connectivity index (χ0) is 19.0. The third-order valence-electron chi connectivity index (χ3n) is 3.11. The first-order chi connectivity index (χ1) is 11.6. The molecular weight excluding hydrogens is 326 g/mol. The molecule has 1 unspecified atom stereocenters. The Labute approximate surface area is 147 Å². The molecule has 0 heterocycles. The maximum atomic E-state index is 12.3. The van der Waals surface area contributed by atoms with Gasteiger partial charge >= 0.3 is 12.1 Å². The van der Waals surface area contributed by atoms with E-state index >= 15 is 0 Å². The molecule has 0 bridgehead atoms. The van der Waals surface area contributed by atoms with Crippen LogP contribution < -0.4 is 10.1 Å². The maximum absolute atomic E-state index is 12.3. The molecule has 25 heavy (non-hydrogen) atoms. The van der Waals surface area contributed by atoms with E-state index in [1.54, 1.807) is 58.0 Å². The molecule has 0 aliphatic rings. The van der Waals surface area contributed by atoms with Gasteiger partial charge in [-0.05, 0) is 31.9 Å². The molecule has 1 rings (SSSR count). The summed E-state index contributed by atoms with van der Waals surface area (Å²) in [6, 6.07) is 8.51. The molecule has 0 aromatic heterocycles. The summed E-state index contributed by atoms with van der Waals surface area (Å²) in [5, 5.41) is 2.71. The van der Waals surface area contributed by atoms with Crippen molar-refractivity contribution in [1.82, 2.24) is 5.32 Å². The Bertz CT molecular complexity index is 597. The molecule has 0 aliphatic carbocycles. The highest BCUT2D eigenvalue weighted by atomic mass is 16.7. The number of rotatable bonds is 7. The molecule has 0 saturated carbocycles. The first-order valence-corrected chi connectivity index (χ1v) is 7.99. The fourth-order valence-electron chi connectivity index (χ4n) is 1.97. The largest absolute Gasteiger partial charge is 0.513 e. The standard InChI is InChI=1S/C18H25NO6/c1-12(2)15(24-13(3)20)16(21)19-18(4,5)11-23-17(22)25-14-9-7-6-8-10-14/h6-10,12,15H,11H2,1-5H3,(H,19,21). The van der Waals surface area contributed by atoms with E-state index in [0.29, 0.717) is 5.75 Å². The van der Waals surface area contributed by atoms with E-state index in [1.165, 1.54) is 6.92 Å². The van der Waals surface area contributed by atoms with Gasteiger partial charge in [0.25, 0.3) is 5.91 Å². The van der Waals surface area contributed by atoms with Crippen molar-refractivity contribution in [3.05, 3.63) is 30.3 Å². The van der Waals surface area contributed by atoms with Gasteiger partial charge in [-0.2, -0.15) is 0 Å². The lowest BCUT2D eigenvalue weighted by atomic mass is 10.0. The fraction of sp³-hybridized carbons (Fsp3) is 0.500. The highest BCUT2D eigenvalue weighted by Gasteiger charge is 2.31. The SMILES string of the molecule is CC(=O)OC(C(=O)NC(C)(C)COC(=O)Oc1ccccc1)C(C)C. The van der Waals surface area contributed by atoms with Crippen molar-refractivity contribution < 1.29 is 28.6 Å². The zero-order valence-electron chi connectivity index (χ0n) is 15.2. The maximum Gasteiger partial charge on any atom is 0.513 e. The summed E-state index contributed by atoms with van der Waals surface area (Å²) in [5.74, 6) is -0.808. The molecular formula is C18H25NO6. The van der Waals surface area contributed by atoms with Crippen molar-refractivity contribution in [1.29, 1.82) is 0 Å². The van der Waals surface area contributed by atoms with E-state index in [0.717, 1.165) is 0 Å². The van der Waals surface area contributed by atoms with Gasteiger partial charge in [-0.1, -0.05) is 32.0 Å². The average molecular weight is 351 g/mol. The fourth-order valence-corrected chi connectivity index (χ4v) is 1.97. The first-order valence-electron chi connectivity index (χ1n) is 7.99. The Morgan fingerprint density at radius 1 is 1.12 bits per heavy atom. The topological polar surface area (TPSA) is 90.9 Å². The van der Waals surface area contributed by atoms with Crippen LogP contribution in [0.25, 0.3) is 0 Å². The molecule has 1 atom stereocenters. The van der Waals surface area contributed by atoms with Gasteiger partial charge in [-0.15, -0.1) is 0 Å². The molecule has 0 fully saturated rings. The van der Waals surface area contributed by atoms with E-state index in [-0.39, 0.29) is 12.5 Å². The van der Waals surface area contributed by atoms with Crippen LogP contribution in [0.1, 0.15) is 34.6 Å². The number of carbonyl (C=O) groups excluding carboxylic acids is 3. The molecule has 1 N–H and O–H groups in total. The van der Waals surface area contributed by atoms with E-state index in [4.69, 9.17) is 14.2 Å². The summed E-state index contributed by atoms with van der Waals surface area (Å²) < 4.78 is 15.1. The number of para-hydroxylation sites is 1. The van der Waals surface area contributed by atoms with Gasteiger partial charge in [-0.3, -0.25) is 9.59 Å². The van der Waals surface area contributed by atoms with Gasteiger partial charge in [0.1, 0.15) is 12.4 Å². The zero-order valence-corrected chi connectivity index (χ0v) is 15.2. The molecule has 138 valence electrons. The normalized spacial score (nSPS) is 12.2. The van der Waals surface area contributed by atoms with Crippen molar-refractivity contribution in [2.75, 3.05) is 6.61 Å². The lowest BCUT2D eigenvalue weighted by molar-refractivity contribution is -0.157. The predicted octanol–water partition coefficient (Wildman–Crippen LogP) is 2.68. The molecule has 1 amide bonds. The molecule has 1 aromatic rings. The molecule has 0 saturated heterocycles. The minimum Gasteiger partial charge on any atom is -0.452 e. The number of hydrogen-bond acceptors (Lipinski definition) is 6. The van der Waals surface area contributed by atoms with Crippen LogP contribution >= 0.6 is 0 Å². The highest BCUT2D eigenvalue weighted by Crippen LogP contribution is 2.13. The van der Waals surface area contributed by atoms with Gasteiger partial charge in [0.05, 0.1) is 5.54 Å². The monoisotopic (exact) mass is 351 g/mol. The van der Waals surface area contributed by atoms with Crippen molar-refractivity contribution >= 4 is 18.0 Å². The number of carbonyl (C=O) groups is 3. The van der Waals surface area contributed by atoms with Gasteiger partial charge in [-0.25, -0.2) is 4.79 Å². The third kappa shape index (κ3) is 7.69. The summed E-state index contributed by atoms with van der Waals surface area (Å²) in [4.78, 5) is 35.1. The second-order valence-electron chi connectivity index (χ2n) is 6.60. The predicted molar refractivity (Wildman–Crippen MR) is 91.0 cm³/mol. The molecule has 7 heteroatoms. The quantitative estimate of drug-likeness (QED) is 0.600. The minimum absolute atomic E-state index is 0.102. The van der Waals surface area contributed by atoms with Crippen LogP contribution in [0, 0.1) is 5.92 Å². The summed E-state index contributed by atoms with van der Waals surface area (Å²) in [6.45, 7) is 8.06. The highest BCUT2D eigenvalue weighted by molar-refractivity contribution is 5.84. The van der Waals surface area contributed by atoms with Crippen LogP contribution in [0.2, 0.25) is 0 Å². The average Bonchev–Trinajstić information content (AvgIpc) is 2.51. The summed E-state index contributed by atoms with van der Waals surface area (Å²) in [5.41, 5.74) is -0.861. The number of esters is 1. The van der Waals surface area contributed by atoms with Crippen LogP contribution in [0.4, 0.5) is 4.79 Å². The minimum atomic E-state index is -0.909. The van der Waals surface area contributed by atoms with E-state index in [9.17, 15) is 14.4 Å². The number of ether oxygens (including phenoxy) is 3. The lowest BCUT2D eigenvalue weighted by Crippen LogP contribution is -2.52. The number of amides is 1. The number of nitrogens with one attached hydrogen (secondary N) is 1. The van der Waals surface area contributed by atoms with Crippen LogP contribution in [-0.4, -0.2) is 36.3 Å². The second kappa shape index (κ2) is 9.05. The summed E-state index contributed by atoms with van der Waals surface area (Å²) in [6.07, 6.45) is -1.78. The van der Waals surface area contributed by atoms with Crippen molar-refractivity contribution in [3.8, 4) is 5.75 Å². The third-order valence-corrected chi connectivity index (χ3v) is 3.11. The summed E-state index contributed by atoms with van der Waals surface area (Å²) >= 11 is 0. The Kier molecular flexibility index (Phi) is 7.42. The van der Waals surface area contributed by atoms with Crippen LogP contribution in [-0.2, 0) is 19.1 Å². The molecule has 1 aromatic carbocycles. The van der Waals surface area contributed by atoms with Crippen LogP contribution in [0.15, 0.2) is 30.3 Å². The number of hydrogen-bond donors (Lipinski definition) is 1. The van der Waals surface area contributed by atoms with Gasteiger partial charge < -0.3 is 19.5 Å². The van der Waals surface area contributed by atoms with Crippen molar-refractivity contribution in [3.63, 3.8) is 0 Å². The second-order valence-corrected chi connectivity index (χ2v) is 6.60. The number of benzene rings is 1. The molecule has 0 spiro atoms. The van der Waals surface area contributed by atoms with Gasteiger partial charge in [0.2, 0.25) is 0 Å². The van der Waals surface area contributed by atoms with Gasteiger partial charge in [0.15, 0.2) is 6.10 Å². The van der Waals surface area contributed by atoms with Crippen LogP contribution in [0.5, 0.6) is 5.75 Å². The Balaban J connectivity index is 2.54. The van der Waals surface area contributed by atoms with Crippen molar-refractivity contribution in [2.24, 2.45) is 5.92 Å². The van der Waals surface area contributed by atoms with E-state index in [1.807, 2.05) is 0 Å². The van der Waals surface area contributed by atoms with Gasteiger partial charge in [0, 0.05) is 6.92 Å². The molecule has 7 nitrogen and oxygen atoms in total. The van der Waals surface area contributed by atoms with E-state index < -0.39 is 29.7 Å². The summed E-state index contributed by atoms with van der Waals surface area (Å²) in [7, 11) is 0. The Hall–Kier alpha value is -2.57. The smallest absolute Gasteiger partial charge is 0.452 e. The lowest BCUT2D eigenvalue weighted by Gasteiger charge is -2.29. The molecule has 0 radical (unpaired) electrons. The Morgan fingerprint density at radius 3 is 2.24 bits per heavy atom. The van der Waals surface area contributed by atoms with Crippen LogP contribution in [0.3, 0.4) is 0 Å². The van der Waals surface area contributed by atoms with E-state index in [2.05, 4.69) is 5.32 Å². The first kappa shape index (κ1) is 20.5. The van der Waals surface area contributed by atoms with Crippen molar-refractivity contribution in [2.45, 2.75) is 46.3 Å².